The lowest BCUT2D eigenvalue weighted by molar-refractivity contribution is -0.141. The van der Waals surface area contributed by atoms with Crippen molar-refractivity contribution >= 4 is 11.9 Å². The molecule has 0 aromatic heterocycles. The monoisotopic (exact) mass is 275 g/mol. The molecule has 2 bridgehead atoms. The topological polar surface area (TPSA) is 57.6 Å². The van der Waals surface area contributed by atoms with Crippen LogP contribution in [-0.4, -0.2) is 35.0 Å². The molecule has 1 N–H and O–H groups in total. The summed E-state index contributed by atoms with van der Waals surface area (Å²) in [4.78, 5) is 25.8. The molecule has 2 saturated carbocycles. The van der Waals surface area contributed by atoms with E-state index in [1.165, 1.54) is 6.42 Å². The van der Waals surface area contributed by atoms with E-state index in [2.05, 4.69) is 12.2 Å². The Kier molecular flexibility index (Phi) is 2.69. The summed E-state index contributed by atoms with van der Waals surface area (Å²) in [5, 5.41) is 9.13. The van der Waals surface area contributed by atoms with E-state index in [9.17, 15) is 9.59 Å². The van der Waals surface area contributed by atoms with Gasteiger partial charge in [0, 0.05) is 19.0 Å². The average molecular weight is 275 g/mol. The zero-order valence-corrected chi connectivity index (χ0v) is 11.6. The van der Waals surface area contributed by atoms with Crippen LogP contribution in [0.2, 0.25) is 0 Å². The van der Waals surface area contributed by atoms with Crippen LogP contribution in [0.15, 0.2) is 12.2 Å². The van der Waals surface area contributed by atoms with Crippen LogP contribution >= 0.6 is 0 Å². The maximum Gasteiger partial charge on any atom is 0.307 e. The fourth-order valence-corrected chi connectivity index (χ4v) is 4.75. The Balaban J connectivity index is 1.43. The Bertz CT molecular complexity index is 486. The third kappa shape index (κ3) is 1.80. The molecule has 108 valence electrons. The molecule has 4 heteroatoms. The summed E-state index contributed by atoms with van der Waals surface area (Å²) < 4.78 is 0. The number of nitrogens with zero attached hydrogens (tertiary/aromatic N) is 1. The fourth-order valence-electron chi connectivity index (χ4n) is 4.75. The minimum Gasteiger partial charge on any atom is -0.481 e. The first-order chi connectivity index (χ1) is 9.65. The van der Waals surface area contributed by atoms with E-state index < -0.39 is 5.97 Å². The smallest absolute Gasteiger partial charge is 0.307 e. The summed E-state index contributed by atoms with van der Waals surface area (Å²) in [7, 11) is 0. The van der Waals surface area contributed by atoms with Gasteiger partial charge < -0.3 is 10.0 Å². The summed E-state index contributed by atoms with van der Waals surface area (Å²) in [6.07, 6.45) is 8.79. The molecule has 4 nitrogen and oxygen atoms in total. The summed E-state index contributed by atoms with van der Waals surface area (Å²) in [5.41, 5.74) is 0. The molecule has 0 unspecified atom stereocenters. The van der Waals surface area contributed by atoms with Gasteiger partial charge >= 0.3 is 5.97 Å². The van der Waals surface area contributed by atoms with Gasteiger partial charge in [-0.25, -0.2) is 0 Å². The molecule has 0 aromatic rings. The minimum absolute atomic E-state index is 0.164. The molecule has 3 fully saturated rings. The first-order valence-corrected chi connectivity index (χ1v) is 7.85. The van der Waals surface area contributed by atoms with E-state index in [-0.39, 0.29) is 17.8 Å². The van der Waals surface area contributed by atoms with E-state index in [0.717, 1.165) is 25.8 Å². The molecule has 1 saturated heterocycles. The van der Waals surface area contributed by atoms with Gasteiger partial charge in [-0.1, -0.05) is 12.2 Å². The summed E-state index contributed by atoms with van der Waals surface area (Å²) in [6, 6.07) is 0. The third-order valence-corrected chi connectivity index (χ3v) is 5.98. The zero-order chi connectivity index (χ0) is 13.9. The first kappa shape index (κ1) is 12.4. The Morgan fingerprint density at radius 2 is 1.95 bits per heavy atom. The lowest BCUT2D eigenvalue weighted by Gasteiger charge is -2.40. The normalized spacial score (nSPS) is 45.1. The molecule has 0 spiro atoms. The van der Waals surface area contributed by atoms with Crippen LogP contribution in [-0.2, 0) is 9.59 Å². The SMILES string of the molecule is O=C(O)[C@@H]1[C@@H]2CCN(C(=O)[C@@H]3C[C@@H]4C=C[C@H]3CC4)C[C@@H]21. The maximum atomic E-state index is 12.7. The number of piperidine rings is 1. The number of amides is 1. The highest BCUT2D eigenvalue weighted by atomic mass is 16.4. The number of carboxylic acids is 1. The zero-order valence-electron chi connectivity index (χ0n) is 11.6. The molecule has 5 rings (SSSR count). The number of hydrogen-bond donors (Lipinski definition) is 1. The van der Waals surface area contributed by atoms with Gasteiger partial charge in [-0.3, -0.25) is 9.59 Å². The first-order valence-electron chi connectivity index (χ1n) is 7.85. The molecule has 1 aliphatic heterocycles. The molecule has 1 heterocycles. The highest BCUT2D eigenvalue weighted by molar-refractivity contribution is 5.81. The summed E-state index contributed by atoms with van der Waals surface area (Å²) in [6.45, 7) is 1.44. The highest BCUT2D eigenvalue weighted by Crippen LogP contribution is 2.52. The molecule has 1 amide bonds. The Labute approximate surface area is 118 Å². The standard InChI is InChI=1S/C16H21NO3/c18-15(12-7-9-1-3-10(12)4-2-9)17-6-5-11-13(8-17)14(11)16(19)20/h1,3,9-14H,2,4-8H2,(H,19,20)/t9-,10+,11-,12-,13+,14-/m1/s1. The van der Waals surface area contributed by atoms with Gasteiger partial charge in [0.25, 0.3) is 0 Å². The minimum atomic E-state index is -0.672. The van der Waals surface area contributed by atoms with E-state index in [1.54, 1.807) is 0 Å². The summed E-state index contributed by atoms with van der Waals surface area (Å²) in [5.74, 6) is 1.18. The van der Waals surface area contributed by atoms with Crippen LogP contribution in [0.25, 0.3) is 0 Å². The Hall–Kier alpha value is -1.32. The predicted octanol–water partition coefficient (Wildman–Crippen LogP) is 1.77. The van der Waals surface area contributed by atoms with Crippen LogP contribution < -0.4 is 0 Å². The molecule has 6 atom stereocenters. The number of hydrogen-bond acceptors (Lipinski definition) is 2. The Morgan fingerprint density at radius 3 is 2.55 bits per heavy atom. The lowest BCUT2D eigenvalue weighted by atomic mass is 9.68. The van der Waals surface area contributed by atoms with Gasteiger partial charge in [-0.2, -0.15) is 0 Å². The molecule has 0 aromatic carbocycles. The number of carbonyl (C=O) groups is 2. The van der Waals surface area contributed by atoms with Crippen LogP contribution in [0.4, 0.5) is 0 Å². The van der Waals surface area contributed by atoms with Gasteiger partial charge in [0.15, 0.2) is 0 Å². The Morgan fingerprint density at radius 1 is 1.10 bits per heavy atom. The van der Waals surface area contributed by atoms with Gasteiger partial charge in [0.2, 0.25) is 5.91 Å². The quantitative estimate of drug-likeness (QED) is 0.781. The van der Waals surface area contributed by atoms with Gasteiger partial charge in [0.1, 0.15) is 0 Å². The molecule has 5 aliphatic rings. The van der Waals surface area contributed by atoms with Crippen LogP contribution in [0.3, 0.4) is 0 Å². The number of carbonyl (C=O) groups excluding carboxylic acids is 1. The largest absolute Gasteiger partial charge is 0.481 e. The lowest BCUT2D eigenvalue weighted by Crippen LogP contribution is -2.45. The van der Waals surface area contributed by atoms with Crippen LogP contribution in [0.5, 0.6) is 0 Å². The fraction of sp³-hybridized carbons (Fsp3) is 0.750. The number of carboxylic acid groups (broad SMARTS) is 1. The number of aliphatic carboxylic acids is 1. The van der Waals surface area contributed by atoms with Crippen molar-refractivity contribution in [3.63, 3.8) is 0 Å². The number of fused-ring (bicyclic) bond motifs is 3. The van der Waals surface area contributed by atoms with E-state index in [0.29, 0.717) is 30.2 Å². The van der Waals surface area contributed by atoms with Crippen molar-refractivity contribution in [2.45, 2.75) is 25.7 Å². The van der Waals surface area contributed by atoms with Crippen molar-refractivity contribution in [1.82, 2.24) is 4.90 Å². The number of likely N-dealkylation sites (tertiary alicyclic amines) is 1. The highest BCUT2D eigenvalue weighted by Gasteiger charge is 2.57. The van der Waals surface area contributed by atoms with Crippen molar-refractivity contribution < 1.29 is 14.7 Å². The van der Waals surface area contributed by atoms with Crippen molar-refractivity contribution in [1.29, 1.82) is 0 Å². The molecule has 4 aliphatic carbocycles. The maximum absolute atomic E-state index is 12.7. The van der Waals surface area contributed by atoms with Gasteiger partial charge in [-0.05, 0) is 49.4 Å². The van der Waals surface area contributed by atoms with E-state index in [1.807, 2.05) is 4.90 Å². The van der Waals surface area contributed by atoms with Gasteiger partial charge in [-0.15, -0.1) is 0 Å². The predicted molar refractivity (Wildman–Crippen MR) is 72.8 cm³/mol. The average Bonchev–Trinajstić information content (AvgIpc) is 3.21. The van der Waals surface area contributed by atoms with Crippen molar-refractivity contribution in [2.24, 2.45) is 35.5 Å². The van der Waals surface area contributed by atoms with Crippen molar-refractivity contribution in [2.75, 3.05) is 13.1 Å². The molecule has 20 heavy (non-hydrogen) atoms. The van der Waals surface area contributed by atoms with E-state index in [4.69, 9.17) is 5.11 Å². The van der Waals surface area contributed by atoms with E-state index >= 15 is 0 Å². The molecule has 0 radical (unpaired) electrons. The molecular weight excluding hydrogens is 254 g/mol. The molecular formula is C16H21NO3. The second-order valence-corrected chi connectivity index (χ2v) is 6.99. The number of rotatable bonds is 2. The van der Waals surface area contributed by atoms with Crippen LogP contribution in [0, 0.1) is 35.5 Å². The van der Waals surface area contributed by atoms with Crippen molar-refractivity contribution in [3.05, 3.63) is 12.2 Å². The second-order valence-electron chi connectivity index (χ2n) is 6.99. The van der Waals surface area contributed by atoms with Gasteiger partial charge in [0.05, 0.1) is 5.92 Å². The number of allylic oxidation sites excluding steroid dienone is 2. The summed E-state index contributed by atoms with van der Waals surface area (Å²) >= 11 is 0. The van der Waals surface area contributed by atoms with Crippen LogP contribution in [0.1, 0.15) is 25.7 Å². The second kappa shape index (κ2) is 4.34. The van der Waals surface area contributed by atoms with Crippen molar-refractivity contribution in [3.8, 4) is 0 Å². The third-order valence-electron chi connectivity index (χ3n) is 5.98.